The molecule has 0 spiro atoms. The van der Waals surface area contributed by atoms with Gasteiger partial charge in [0, 0.05) is 47.6 Å². The number of ether oxygens (including phenoxy) is 2. The standard InChI is InChI=1S/C27H26ClF5N2O5S/c1-39-21-13-20(14-22(15-21)40-12-2-3-25(36)37)34-26(18-4-7-19(28)8-5-18)27(38)35-11-10-17-6-9-23(16-24(17)35)41(29,30,31,32)33/h4-9,13-16,34,38H,2-3,10-12H2,1H3,(H,36,37)/p-1/b27-26+. The molecule has 7 nitrogen and oxygen atoms in total. The lowest BCUT2D eigenvalue weighted by atomic mass is 10.1. The highest BCUT2D eigenvalue weighted by molar-refractivity contribution is 8.45. The first-order chi connectivity index (χ1) is 19.0. The summed E-state index contributed by atoms with van der Waals surface area (Å²) in [5, 5.41) is 26.0. The second kappa shape index (κ2) is 10.5. The molecule has 0 aliphatic carbocycles. The van der Waals surface area contributed by atoms with Crippen LogP contribution in [0, 0.1) is 0 Å². The smallest absolute Gasteiger partial charge is 0.310 e. The zero-order chi connectivity index (χ0) is 30.1. The Morgan fingerprint density at radius 3 is 2.37 bits per heavy atom. The molecule has 14 heteroatoms. The number of hydrogen-bond acceptors (Lipinski definition) is 6. The first kappa shape index (κ1) is 30.1. The normalized spacial score (nSPS) is 15.3. The second-order valence-electron chi connectivity index (χ2n) is 9.22. The van der Waals surface area contributed by atoms with Crippen molar-refractivity contribution < 1.29 is 43.9 Å². The number of aliphatic carboxylic acids is 1. The van der Waals surface area contributed by atoms with E-state index in [0.29, 0.717) is 45.5 Å². The molecule has 0 amide bonds. The van der Waals surface area contributed by atoms with Gasteiger partial charge in [-0.2, -0.15) is 0 Å². The molecule has 4 rings (SSSR count). The molecule has 0 aromatic heterocycles. The van der Waals surface area contributed by atoms with Crippen molar-refractivity contribution in [2.75, 3.05) is 30.5 Å². The SMILES string of the molecule is COc1cc(N/C(=C(/[O-])N2CCc3ccc(S(F)(F)(F)(F)F)cc32)c2ccc(Cl)cc2)cc(OCCCC(=O)O)c1. The third kappa shape index (κ3) is 7.47. The number of nitrogens with zero attached hydrogens (tertiary/aromatic N) is 1. The number of benzene rings is 3. The number of rotatable bonds is 11. The molecule has 222 valence electrons. The molecular formula is C27H25ClF5N2O5S-. The predicted molar refractivity (Wildman–Crippen MR) is 146 cm³/mol. The molecule has 0 saturated heterocycles. The van der Waals surface area contributed by atoms with Crippen LogP contribution in [0.3, 0.4) is 0 Å². The average Bonchev–Trinajstić information content (AvgIpc) is 3.32. The van der Waals surface area contributed by atoms with Gasteiger partial charge in [0.1, 0.15) is 16.4 Å². The molecular weight excluding hydrogens is 595 g/mol. The number of carboxylic acids is 1. The summed E-state index contributed by atoms with van der Waals surface area (Å²) >= 11 is 6.01. The number of carboxylic acid groups (broad SMARTS) is 1. The average molecular weight is 620 g/mol. The fourth-order valence-corrected chi connectivity index (χ4v) is 5.00. The van der Waals surface area contributed by atoms with Gasteiger partial charge in [0.25, 0.3) is 0 Å². The van der Waals surface area contributed by atoms with Crippen LogP contribution in [-0.2, 0) is 11.2 Å². The van der Waals surface area contributed by atoms with E-state index >= 15 is 0 Å². The van der Waals surface area contributed by atoms with Gasteiger partial charge in [-0.15, -0.1) is 0 Å². The molecule has 1 aliphatic rings. The predicted octanol–water partition coefficient (Wildman–Crippen LogP) is 7.41. The number of methoxy groups -OCH3 is 1. The number of hydrogen-bond donors (Lipinski definition) is 2. The van der Waals surface area contributed by atoms with Crippen molar-refractivity contribution in [2.24, 2.45) is 0 Å². The summed E-state index contributed by atoms with van der Waals surface area (Å²) in [7, 11) is -8.59. The summed E-state index contributed by atoms with van der Waals surface area (Å²) in [4.78, 5) is 9.70. The van der Waals surface area contributed by atoms with Crippen LogP contribution in [0.15, 0.2) is 71.4 Å². The summed E-state index contributed by atoms with van der Waals surface area (Å²) in [6, 6.07) is 12.3. The molecule has 2 N–H and O–H groups in total. The number of halogens is 6. The van der Waals surface area contributed by atoms with Gasteiger partial charge in [0.05, 0.1) is 19.4 Å². The molecule has 41 heavy (non-hydrogen) atoms. The van der Waals surface area contributed by atoms with E-state index in [-0.39, 0.29) is 43.8 Å². The van der Waals surface area contributed by atoms with E-state index in [0.717, 1.165) is 11.0 Å². The maximum atomic E-state index is 13.8. The van der Waals surface area contributed by atoms with Crippen molar-refractivity contribution in [1.82, 2.24) is 0 Å². The van der Waals surface area contributed by atoms with Crippen LogP contribution in [0.4, 0.5) is 30.8 Å². The first-order valence-electron chi connectivity index (χ1n) is 12.2. The Morgan fingerprint density at radius 2 is 1.73 bits per heavy atom. The molecule has 0 atom stereocenters. The largest absolute Gasteiger partial charge is 0.859 e. The summed E-state index contributed by atoms with van der Waals surface area (Å²) in [5.74, 6) is -1.11. The lowest BCUT2D eigenvalue weighted by molar-refractivity contribution is -0.303. The first-order valence-corrected chi connectivity index (χ1v) is 14.5. The van der Waals surface area contributed by atoms with Crippen molar-refractivity contribution in [3.63, 3.8) is 0 Å². The molecule has 0 unspecified atom stereocenters. The van der Waals surface area contributed by atoms with Crippen LogP contribution < -0.4 is 24.8 Å². The summed E-state index contributed by atoms with van der Waals surface area (Å²) < 4.78 is 78.8. The van der Waals surface area contributed by atoms with E-state index in [2.05, 4.69) is 5.32 Å². The van der Waals surface area contributed by atoms with E-state index in [1.165, 1.54) is 43.5 Å². The van der Waals surface area contributed by atoms with Crippen molar-refractivity contribution in [2.45, 2.75) is 24.2 Å². The van der Waals surface area contributed by atoms with Gasteiger partial charge in [-0.05, 0) is 54.1 Å². The van der Waals surface area contributed by atoms with E-state index in [1.54, 1.807) is 6.07 Å². The van der Waals surface area contributed by atoms with Gasteiger partial charge >= 0.3 is 16.2 Å². The van der Waals surface area contributed by atoms with Crippen LogP contribution in [-0.4, -0.2) is 31.3 Å². The molecule has 3 aromatic rings. The third-order valence-corrected chi connectivity index (χ3v) is 7.58. The van der Waals surface area contributed by atoms with E-state index in [1.807, 2.05) is 0 Å². The quantitative estimate of drug-likeness (QED) is 0.131. The number of anilines is 2. The Kier molecular flexibility index (Phi) is 7.74. The minimum absolute atomic E-state index is 0.0350. The maximum Gasteiger partial charge on any atom is 0.310 e. The molecule has 1 aliphatic heterocycles. The van der Waals surface area contributed by atoms with Crippen LogP contribution in [0.1, 0.15) is 24.0 Å². The van der Waals surface area contributed by atoms with Gasteiger partial charge in [-0.1, -0.05) is 49.2 Å². The minimum atomic E-state index is -9.99. The number of carbonyl (C=O) groups is 1. The summed E-state index contributed by atoms with van der Waals surface area (Å²) in [6.07, 6.45) is 0.313. The van der Waals surface area contributed by atoms with Crippen LogP contribution in [0.25, 0.3) is 5.70 Å². The van der Waals surface area contributed by atoms with Gasteiger partial charge in [-0.25, -0.2) is 0 Å². The minimum Gasteiger partial charge on any atom is -0.859 e. The highest BCUT2D eigenvalue weighted by Crippen LogP contribution is 3.02. The molecule has 3 aromatic carbocycles. The fourth-order valence-electron chi connectivity index (χ4n) is 4.21. The van der Waals surface area contributed by atoms with E-state index in [4.69, 9.17) is 26.2 Å². The zero-order valence-electron chi connectivity index (χ0n) is 21.5. The van der Waals surface area contributed by atoms with E-state index < -0.39 is 27.0 Å². The monoisotopic (exact) mass is 619 g/mol. The molecule has 0 fully saturated rings. The van der Waals surface area contributed by atoms with E-state index in [9.17, 15) is 29.3 Å². The van der Waals surface area contributed by atoms with Gasteiger partial charge < -0.3 is 29.9 Å². The molecule has 0 radical (unpaired) electrons. The Bertz CT molecular complexity index is 1500. The molecule has 1 heterocycles. The Labute approximate surface area is 237 Å². The third-order valence-electron chi connectivity index (χ3n) is 6.18. The van der Waals surface area contributed by atoms with Crippen LogP contribution in [0.5, 0.6) is 11.5 Å². The topological polar surface area (TPSA) is 94.1 Å². The van der Waals surface area contributed by atoms with Crippen molar-refractivity contribution in [3.05, 3.63) is 82.7 Å². The number of fused-ring (bicyclic) bond motifs is 1. The van der Waals surface area contributed by atoms with Gasteiger partial charge in [0.15, 0.2) is 0 Å². The molecule has 0 saturated carbocycles. The van der Waals surface area contributed by atoms with Gasteiger partial charge in [0.2, 0.25) is 0 Å². The fraction of sp³-hybridized carbons (Fsp3) is 0.222. The van der Waals surface area contributed by atoms with Crippen LogP contribution >= 0.6 is 21.8 Å². The highest BCUT2D eigenvalue weighted by atomic mass is 35.5. The maximum absolute atomic E-state index is 13.8. The summed E-state index contributed by atoms with van der Waals surface area (Å²) in [5.41, 5.74) is 0.608. The number of nitrogens with one attached hydrogen (secondary N) is 1. The van der Waals surface area contributed by atoms with Crippen LogP contribution in [0.2, 0.25) is 5.02 Å². The Morgan fingerprint density at radius 1 is 1.05 bits per heavy atom. The highest BCUT2D eigenvalue weighted by Gasteiger charge is 2.65. The van der Waals surface area contributed by atoms with Crippen molar-refractivity contribution in [3.8, 4) is 11.5 Å². The molecule has 0 bridgehead atoms. The summed E-state index contributed by atoms with van der Waals surface area (Å²) in [6.45, 7) is 0.0530. The lowest BCUT2D eigenvalue weighted by Gasteiger charge is -2.41. The Balaban J connectivity index is 1.75. The lowest BCUT2D eigenvalue weighted by Crippen LogP contribution is -2.31. The van der Waals surface area contributed by atoms with Gasteiger partial charge in [-0.3, -0.25) is 4.79 Å². The zero-order valence-corrected chi connectivity index (χ0v) is 23.1. The Hall–Kier alpha value is -3.84. The second-order valence-corrected chi connectivity index (χ2v) is 12.1. The van der Waals surface area contributed by atoms with Crippen molar-refractivity contribution >= 4 is 44.9 Å². The van der Waals surface area contributed by atoms with Crippen molar-refractivity contribution in [1.29, 1.82) is 0 Å².